The molecule has 1 aromatic heterocycles. The van der Waals surface area contributed by atoms with Crippen LogP contribution in [0.5, 0.6) is 0 Å². The van der Waals surface area contributed by atoms with Gasteiger partial charge in [-0.3, -0.25) is 9.98 Å². The number of nitrogens with zero attached hydrogens (tertiary/aromatic N) is 2. The lowest BCUT2D eigenvalue weighted by Crippen LogP contribution is -1.86. The average molecular weight is 188 g/mol. The molecule has 1 aromatic rings. The third-order valence-electron chi connectivity index (χ3n) is 1.97. The molecule has 0 aliphatic carbocycles. The molecule has 1 heterocycles. The number of aryl methyl sites for hydroxylation is 1. The Morgan fingerprint density at radius 3 is 2.79 bits per heavy atom. The average Bonchev–Trinajstić information content (AvgIpc) is 2.20. The SMILES string of the molecule is CCC(/C=N\C)=C/c1ccc(C)cn1. The number of rotatable bonds is 3. The molecule has 0 aliphatic rings. The zero-order valence-electron chi connectivity index (χ0n) is 8.99. The van der Waals surface area contributed by atoms with Crippen LogP contribution < -0.4 is 0 Å². The molecular formula is C12H16N2. The Morgan fingerprint density at radius 2 is 2.29 bits per heavy atom. The molecule has 0 N–H and O–H groups in total. The predicted molar refractivity (Wildman–Crippen MR) is 61.7 cm³/mol. The van der Waals surface area contributed by atoms with Gasteiger partial charge in [-0.15, -0.1) is 0 Å². The first-order valence-electron chi connectivity index (χ1n) is 4.81. The van der Waals surface area contributed by atoms with Crippen molar-refractivity contribution in [1.29, 1.82) is 0 Å². The van der Waals surface area contributed by atoms with Crippen LogP contribution in [0.4, 0.5) is 0 Å². The lowest BCUT2D eigenvalue weighted by Gasteiger charge is -1.97. The third kappa shape index (κ3) is 3.13. The molecule has 0 saturated carbocycles. The quantitative estimate of drug-likeness (QED) is 0.669. The Labute approximate surface area is 85.4 Å². The van der Waals surface area contributed by atoms with Crippen molar-refractivity contribution in [2.45, 2.75) is 20.3 Å². The standard InChI is InChI=1S/C12H16N2/c1-4-11(9-13-3)7-12-6-5-10(2)8-14-12/h5-9H,4H2,1-3H3/b11-7-,13-9-. The Bertz CT molecular complexity index is 334. The predicted octanol–water partition coefficient (Wildman–Crippen LogP) is 2.88. The maximum atomic E-state index is 4.31. The van der Waals surface area contributed by atoms with Gasteiger partial charge in [0.1, 0.15) is 0 Å². The van der Waals surface area contributed by atoms with E-state index in [1.165, 1.54) is 11.1 Å². The third-order valence-corrected chi connectivity index (χ3v) is 1.97. The molecule has 0 bridgehead atoms. The molecule has 0 aromatic carbocycles. The van der Waals surface area contributed by atoms with Crippen molar-refractivity contribution in [2.75, 3.05) is 7.05 Å². The van der Waals surface area contributed by atoms with Gasteiger partial charge in [-0.2, -0.15) is 0 Å². The first-order valence-corrected chi connectivity index (χ1v) is 4.81. The van der Waals surface area contributed by atoms with Crippen molar-refractivity contribution in [1.82, 2.24) is 4.98 Å². The molecule has 0 amide bonds. The summed E-state index contributed by atoms with van der Waals surface area (Å²) < 4.78 is 0. The molecule has 2 heteroatoms. The highest BCUT2D eigenvalue weighted by Crippen LogP contribution is 2.06. The number of hydrogen-bond acceptors (Lipinski definition) is 2. The number of aliphatic imine (C=N–C) groups is 1. The minimum atomic E-state index is 0.979. The van der Waals surface area contributed by atoms with Gasteiger partial charge in [0.15, 0.2) is 0 Å². The van der Waals surface area contributed by atoms with Gasteiger partial charge in [0, 0.05) is 19.5 Å². The van der Waals surface area contributed by atoms with E-state index in [2.05, 4.69) is 29.0 Å². The van der Waals surface area contributed by atoms with Crippen LogP contribution in [0.1, 0.15) is 24.6 Å². The molecule has 0 fully saturated rings. The zero-order valence-corrected chi connectivity index (χ0v) is 8.99. The van der Waals surface area contributed by atoms with E-state index in [0.29, 0.717) is 0 Å². The largest absolute Gasteiger partial charge is 0.296 e. The van der Waals surface area contributed by atoms with Gasteiger partial charge in [0.25, 0.3) is 0 Å². The molecular weight excluding hydrogens is 172 g/mol. The van der Waals surface area contributed by atoms with Crippen LogP contribution in [0.3, 0.4) is 0 Å². The van der Waals surface area contributed by atoms with E-state index in [9.17, 15) is 0 Å². The Balaban J connectivity index is 2.89. The number of aromatic nitrogens is 1. The highest BCUT2D eigenvalue weighted by Gasteiger charge is 1.92. The second-order valence-corrected chi connectivity index (χ2v) is 3.22. The highest BCUT2D eigenvalue weighted by atomic mass is 14.7. The molecule has 74 valence electrons. The zero-order chi connectivity index (χ0) is 10.4. The van der Waals surface area contributed by atoms with Crippen LogP contribution in [0.25, 0.3) is 6.08 Å². The van der Waals surface area contributed by atoms with Crippen LogP contribution in [-0.2, 0) is 0 Å². The lowest BCUT2D eigenvalue weighted by atomic mass is 10.1. The summed E-state index contributed by atoms with van der Waals surface area (Å²) in [4.78, 5) is 8.31. The van der Waals surface area contributed by atoms with E-state index in [0.717, 1.165) is 12.1 Å². The van der Waals surface area contributed by atoms with Crippen molar-refractivity contribution in [2.24, 2.45) is 4.99 Å². The molecule has 0 atom stereocenters. The van der Waals surface area contributed by atoms with Crippen molar-refractivity contribution < 1.29 is 0 Å². The van der Waals surface area contributed by atoms with E-state index >= 15 is 0 Å². The normalized spacial score (nSPS) is 12.4. The van der Waals surface area contributed by atoms with Gasteiger partial charge >= 0.3 is 0 Å². The molecule has 0 aliphatic heterocycles. The smallest absolute Gasteiger partial charge is 0.0633 e. The molecule has 1 rings (SSSR count). The second-order valence-electron chi connectivity index (χ2n) is 3.22. The summed E-state index contributed by atoms with van der Waals surface area (Å²) in [6.45, 7) is 4.15. The summed E-state index contributed by atoms with van der Waals surface area (Å²) >= 11 is 0. The summed E-state index contributed by atoms with van der Waals surface area (Å²) in [6, 6.07) is 4.09. The topological polar surface area (TPSA) is 25.2 Å². The summed E-state index contributed by atoms with van der Waals surface area (Å²) in [6.07, 6.45) is 6.79. The van der Waals surface area contributed by atoms with Crippen molar-refractivity contribution in [3.8, 4) is 0 Å². The second kappa shape index (κ2) is 5.32. The molecule has 2 nitrogen and oxygen atoms in total. The molecule has 14 heavy (non-hydrogen) atoms. The number of pyridine rings is 1. The van der Waals surface area contributed by atoms with E-state index in [1.807, 2.05) is 25.4 Å². The van der Waals surface area contributed by atoms with Crippen molar-refractivity contribution in [3.63, 3.8) is 0 Å². The Morgan fingerprint density at radius 1 is 1.50 bits per heavy atom. The maximum absolute atomic E-state index is 4.31. The van der Waals surface area contributed by atoms with Crippen LogP contribution in [0.15, 0.2) is 28.9 Å². The molecule has 0 saturated heterocycles. The van der Waals surface area contributed by atoms with Crippen LogP contribution >= 0.6 is 0 Å². The maximum Gasteiger partial charge on any atom is 0.0633 e. The van der Waals surface area contributed by atoms with E-state index < -0.39 is 0 Å². The first-order chi connectivity index (χ1) is 6.76. The number of allylic oxidation sites excluding steroid dienone is 1. The fraction of sp³-hybridized carbons (Fsp3) is 0.333. The van der Waals surface area contributed by atoms with Gasteiger partial charge in [0.2, 0.25) is 0 Å². The van der Waals surface area contributed by atoms with Crippen LogP contribution in [-0.4, -0.2) is 18.2 Å². The molecule has 0 unspecified atom stereocenters. The monoisotopic (exact) mass is 188 g/mol. The number of hydrogen-bond donors (Lipinski definition) is 0. The minimum Gasteiger partial charge on any atom is -0.296 e. The fourth-order valence-electron chi connectivity index (χ4n) is 1.15. The minimum absolute atomic E-state index is 0.979. The van der Waals surface area contributed by atoms with E-state index in [4.69, 9.17) is 0 Å². The summed E-state index contributed by atoms with van der Waals surface area (Å²) in [5.41, 5.74) is 3.38. The Kier molecular flexibility index (Phi) is 4.05. The van der Waals surface area contributed by atoms with Gasteiger partial charge in [-0.25, -0.2) is 0 Å². The Hall–Kier alpha value is -1.44. The highest BCUT2D eigenvalue weighted by molar-refractivity contribution is 5.84. The summed E-state index contributed by atoms with van der Waals surface area (Å²) in [7, 11) is 1.78. The summed E-state index contributed by atoms with van der Waals surface area (Å²) in [5.74, 6) is 0. The summed E-state index contributed by atoms with van der Waals surface area (Å²) in [5, 5.41) is 0. The van der Waals surface area contributed by atoms with Crippen molar-refractivity contribution >= 4 is 12.3 Å². The fourth-order valence-corrected chi connectivity index (χ4v) is 1.15. The van der Waals surface area contributed by atoms with Gasteiger partial charge in [-0.05, 0) is 36.6 Å². The first kappa shape index (κ1) is 10.6. The van der Waals surface area contributed by atoms with E-state index in [-0.39, 0.29) is 0 Å². The lowest BCUT2D eigenvalue weighted by molar-refractivity contribution is 1.17. The van der Waals surface area contributed by atoms with Gasteiger partial charge < -0.3 is 0 Å². The van der Waals surface area contributed by atoms with Crippen molar-refractivity contribution in [3.05, 3.63) is 35.2 Å². The van der Waals surface area contributed by atoms with Crippen LogP contribution in [0.2, 0.25) is 0 Å². The van der Waals surface area contributed by atoms with Gasteiger partial charge in [0.05, 0.1) is 5.69 Å². The molecule has 0 radical (unpaired) electrons. The molecule has 0 spiro atoms. The van der Waals surface area contributed by atoms with E-state index in [1.54, 1.807) is 7.05 Å². The van der Waals surface area contributed by atoms with Gasteiger partial charge in [-0.1, -0.05) is 13.0 Å². The van der Waals surface area contributed by atoms with Crippen LogP contribution in [0, 0.1) is 6.92 Å².